The van der Waals surface area contributed by atoms with Gasteiger partial charge >= 0.3 is 0 Å². The van der Waals surface area contributed by atoms with Crippen LogP contribution in [-0.2, 0) is 18.0 Å². The molecule has 0 aliphatic rings. The molecule has 0 fully saturated rings. The zero-order valence-electron chi connectivity index (χ0n) is 8.35. The number of hydrogen-bond acceptors (Lipinski definition) is 3. The van der Waals surface area contributed by atoms with Crippen LogP contribution in [0.25, 0.3) is 0 Å². The van der Waals surface area contributed by atoms with E-state index in [2.05, 4.69) is 22.3 Å². The minimum atomic E-state index is 0.602. The molecule has 0 saturated carbocycles. The Labute approximate surface area is 93.5 Å². The fraction of sp³-hybridized carbons (Fsp3) is 0.167. The standard InChI is InChI=1S/C12H13NOS/c1-2-4-11(5-3-1)9-14-13-8-12-6-7-15-10-12/h1-7,10,13H,8-9H2. The molecular formula is C12H13NOS. The van der Waals surface area contributed by atoms with E-state index in [-0.39, 0.29) is 0 Å². The summed E-state index contributed by atoms with van der Waals surface area (Å²) in [6, 6.07) is 12.2. The van der Waals surface area contributed by atoms with Gasteiger partial charge in [-0.3, -0.25) is 4.84 Å². The molecular weight excluding hydrogens is 206 g/mol. The highest BCUT2D eigenvalue weighted by molar-refractivity contribution is 7.07. The van der Waals surface area contributed by atoms with Crippen molar-refractivity contribution in [1.29, 1.82) is 0 Å². The molecule has 0 aliphatic carbocycles. The van der Waals surface area contributed by atoms with Crippen LogP contribution in [0.4, 0.5) is 0 Å². The van der Waals surface area contributed by atoms with Gasteiger partial charge in [0.25, 0.3) is 0 Å². The Morgan fingerprint density at radius 1 is 1.07 bits per heavy atom. The zero-order valence-corrected chi connectivity index (χ0v) is 9.17. The molecule has 78 valence electrons. The van der Waals surface area contributed by atoms with E-state index >= 15 is 0 Å². The van der Waals surface area contributed by atoms with Crippen LogP contribution < -0.4 is 5.48 Å². The van der Waals surface area contributed by atoms with E-state index in [0.29, 0.717) is 6.61 Å². The Morgan fingerprint density at radius 3 is 2.67 bits per heavy atom. The maximum Gasteiger partial charge on any atom is 0.0933 e. The minimum Gasteiger partial charge on any atom is -0.297 e. The van der Waals surface area contributed by atoms with E-state index in [4.69, 9.17) is 4.84 Å². The Kier molecular flexibility index (Phi) is 3.91. The van der Waals surface area contributed by atoms with Crippen molar-refractivity contribution >= 4 is 11.3 Å². The molecule has 2 rings (SSSR count). The highest BCUT2D eigenvalue weighted by atomic mass is 32.1. The first-order valence-electron chi connectivity index (χ1n) is 4.85. The number of hydrogen-bond donors (Lipinski definition) is 1. The monoisotopic (exact) mass is 219 g/mol. The summed E-state index contributed by atoms with van der Waals surface area (Å²) in [6.07, 6.45) is 0. The van der Waals surface area contributed by atoms with Crippen LogP contribution in [0.15, 0.2) is 47.2 Å². The van der Waals surface area contributed by atoms with Crippen LogP contribution in [0.2, 0.25) is 0 Å². The summed E-state index contributed by atoms with van der Waals surface area (Å²) >= 11 is 1.70. The maximum absolute atomic E-state index is 5.35. The second-order valence-corrected chi connectivity index (χ2v) is 4.01. The smallest absolute Gasteiger partial charge is 0.0933 e. The first-order valence-corrected chi connectivity index (χ1v) is 5.79. The number of nitrogens with one attached hydrogen (secondary N) is 1. The predicted molar refractivity (Wildman–Crippen MR) is 62.4 cm³/mol. The number of thiophene rings is 1. The first-order chi connectivity index (χ1) is 7.45. The third kappa shape index (κ3) is 3.47. The fourth-order valence-corrected chi connectivity index (χ4v) is 1.90. The molecule has 1 N–H and O–H groups in total. The van der Waals surface area contributed by atoms with E-state index in [0.717, 1.165) is 6.54 Å². The third-order valence-electron chi connectivity index (χ3n) is 2.04. The summed E-state index contributed by atoms with van der Waals surface area (Å²) in [5.41, 5.74) is 5.38. The van der Waals surface area contributed by atoms with Crippen LogP contribution in [0.5, 0.6) is 0 Å². The van der Waals surface area contributed by atoms with E-state index in [9.17, 15) is 0 Å². The molecule has 0 radical (unpaired) electrons. The second-order valence-electron chi connectivity index (χ2n) is 3.23. The quantitative estimate of drug-likeness (QED) is 0.616. The minimum absolute atomic E-state index is 0.602. The highest BCUT2D eigenvalue weighted by Crippen LogP contribution is 2.05. The molecule has 0 atom stereocenters. The lowest BCUT2D eigenvalue weighted by molar-refractivity contribution is 0.0236. The molecule has 0 amide bonds. The van der Waals surface area contributed by atoms with Crippen molar-refractivity contribution in [2.75, 3.05) is 0 Å². The van der Waals surface area contributed by atoms with Crippen molar-refractivity contribution in [3.63, 3.8) is 0 Å². The second kappa shape index (κ2) is 5.66. The summed E-state index contributed by atoms with van der Waals surface area (Å²) in [7, 11) is 0. The van der Waals surface area contributed by atoms with Crippen molar-refractivity contribution in [2.24, 2.45) is 0 Å². The number of rotatable bonds is 5. The average molecular weight is 219 g/mol. The van der Waals surface area contributed by atoms with Gasteiger partial charge in [-0.2, -0.15) is 16.8 Å². The molecule has 0 bridgehead atoms. The van der Waals surface area contributed by atoms with E-state index in [1.54, 1.807) is 11.3 Å². The van der Waals surface area contributed by atoms with Gasteiger partial charge in [-0.15, -0.1) is 0 Å². The number of hydroxylamine groups is 1. The summed E-state index contributed by atoms with van der Waals surface area (Å²) < 4.78 is 0. The van der Waals surface area contributed by atoms with Gasteiger partial charge in [-0.1, -0.05) is 30.3 Å². The molecule has 2 aromatic rings. The zero-order chi connectivity index (χ0) is 10.3. The number of benzene rings is 1. The molecule has 1 heterocycles. The van der Waals surface area contributed by atoms with E-state index in [1.807, 2.05) is 30.3 Å². The van der Waals surface area contributed by atoms with Crippen molar-refractivity contribution < 1.29 is 4.84 Å². The first kappa shape index (κ1) is 10.4. The Hall–Kier alpha value is -1.16. The SMILES string of the molecule is c1ccc(CONCc2ccsc2)cc1. The molecule has 0 saturated heterocycles. The van der Waals surface area contributed by atoms with Gasteiger partial charge in [0, 0.05) is 6.54 Å². The molecule has 0 spiro atoms. The van der Waals surface area contributed by atoms with E-state index in [1.165, 1.54) is 11.1 Å². The van der Waals surface area contributed by atoms with Crippen LogP contribution in [0.1, 0.15) is 11.1 Å². The van der Waals surface area contributed by atoms with Gasteiger partial charge in [0.1, 0.15) is 0 Å². The van der Waals surface area contributed by atoms with Gasteiger partial charge in [-0.05, 0) is 28.0 Å². The summed E-state index contributed by atoms with van der Waals surface area (Å²) in [5, 5.41) is 4.17. The van der Waals surface area contributed by atoms with Crippen LogP contribution in [-0.4, -0.2) is 0 Å². The van der Waals surface area contributed by atoms with Gasteiger partial charge < -0.3 is 0 Å². The molecule has 3 heteroatoms. The molecule has 15 heavy (non-hydrogen) atoms. The van der Waals surface area contributed by atoms with Gasteiger partial charge in [-0.25, -0.2) is 0 Å². The summed E-state index contributed by atoms with van der Waals surface area (Å²) in [5.74, 6) is 0. The van der Waals surface area contributed by atoms with Crippen LogP contribution in [0.3, 0.4) is 0 Å². The maximum atomic E-state index is 5.35. The van der Waals surface area contributed by atoms with E-state index < -0.39 is 0 Å². The van der Waals surface area contributed by atoms with Gasteiger partial charge in [0.05, 0.1) is 6.61 Å². The Balaban J connectivity index is 1.68. The van der Waals surface area contributed by atoms with Crippen molar-refractivity contribution in [3.05, 3.63) is 58.3 Å². The molecule has 1 aromatic carbocycles. The third-order valence-corrected chi connectivity index (χ3v) is 2.77. The van der Waals surface area contributed by atoms with Crippen molar-refractivity contribution in [2.45, 2.75) is 13.2 Å². The predicted octanol–water partition coefficient (Wildman–Crippen LogP) is 2.97. The Morgan fingerprint density at radius 2 is 1.93 bits per heavy atom. The van der Waals surface area contributed by atoms with Gasteiger partial charge in [0.15, 0.2) is 0 Å². The normalized spacial score (nSPS) is 10.4. The lowest BCUT2D eigenvalue weighted by atomic mass is 10.2. The topological polar surface area (TPSA) is 21.3 Å². The lowest BCUT2D eigenvalue weighted by Gasteiger charge is -2.04. The fourth-order valence-electron chi connectivity index (χ4n) is 1.24. The van der Waals surface area contributed by atoms with Crippen molar-refractivity contribution in [3.8, 4) is 0 Å². The molecule has 0 unspecified atom stereocenters. The highest BCUT2D eigenvalue weighted by Gasteiger charge is 1.93. The Bertz CT molecular complexity index is 372. The summed E-state index contributed by atoms with van der Waals surface area (Å²) in [6.45, 7) is 1.36. The van der Waals surface area contributed by atoms with Gasteiger partial charge in [0.2, 0.25) is 0 Å². The van der Waals surface area contributed by atoms with Crippen LogP contribution in [0, 0.1) is 0 Å². The molecule has 2 nitrogen and oxygen atoms in total. The van der Waals surface area contributed by atoms with Crippen LogP contribution >= 0.6 is 11.3 Å². The molecule has 0 aliphatic heterocycles. The van der Waals surface area contributed by atoms with Crippen molar-refractivity contribution in [1.82, 2.24) is 5.48 Å². The summed E-state index contributed by atoms with van der Waals surface area (Å²) in [4.78, 5) is 5.35. The molecule has 1 aromatic heterocycles. The lowest BCUT2D eigenvalue weighted by Crippen LogP contribution is -2.13. The average Bonchev–Trinajstić information content (AvgIpc) is 2.79. The largest absolute Gasteiger partial charge is 0.297 e.